The molecule has 0 radical (unpaired) electrons. The molecule has 0 N–H and O–H groups in total. The Balaban J connectivity index is 1.20. The van der Waals surface area contributed by atoms with E-state index in [0.29, 0.717) is 5.92 Å². The summed E-state index contributed by atoms with van der Waals surface area (Å²) in [6.07, 6.45) is 31.5. The molecule has 3 aliphatic carbocycles. The van der Waals surface area contributed by atoms with E-state index in [1.807, 2.05) is 6.08 Å². The Morgan fingerprint density at radius 3 is 1.62 bits per heavy atom. The maximum atomic E-state index is 4.43. The van der Waals surface area contributed by atoms with Crippen molar-refractivity contribution < 1.29 is 0 Å². The number of rotatable bonds is 21. The van der Waals surface area contributed by atoms with Crippen molar-refractivity contribution in [3.63, 3.8) is 0 Å². The third-order valence-electron chi connectivity index (χ3n) is 20.1. The number of nitrogens with zero attached hydrogens (tertiary/aromatic N) is 4. The van der Waals surface area contributed by atoms with Crippen molar-refractivity contribution in [1.29, 1.82) is 0 Å². The SMILES string of the molecule is C=Cc1cccc(N(c2ccccc2)c2cc(N(c3ccccc3)C(CC)C3=C(CC)C(C)CC=C3)cc(S(C3=CC=CC=C[C@@H]3C)(c3ccccc3)c3cc(N(c4ccccc4)c4cccc5c4C(C)CC=C5)cc(N(c4ccccc4)c4cccc5ccccc45)c3)c2)c1/C=C\C. The predicted molar refractivity (Wildman–Crippen MR) is 429 cm³/mol. The van der Waals surface area contributed by atoms with E-state index in [2.05, 4.69) is 401 Å². The van der Waals surface area contributed by atoms with Gasteiger partial charge in [0.05, 0.1) is 23.1 Å². The first-order valence-electron chi connectivity index (χ1n) is 35.4. The molecule has 0 bridgehead atoms. The summed E-state index contributed by atoms with van der Waals surface area (Å²) in [6.45, 7) is 18.5. The van der Waals surface area contributed by atoms with Gasteiger partial charge in [-0.3, -0.25) is 0 Å². The lowest BCUT2D eigenvalue weighted by Gasteiger charge is -2.47. The third-order valence-corrected chi connectivity index (χ3v) is 24.2. The molecule has 0 heterocycles. The summed E-state index contributed by atoms with van der Waals surface area (Å²) in [6, 6.07) is 101. The molecule has 0 spiro atoms. The smallest absolute Gasteiger partial charge is 0.0588 e. The molecule has 3 aliphatic rings. The van der Waals surface area contributed by atoms with Gasteiger partial charge in [-0.25, -0.2) is 0 Å². The van der Waals surface area contributed by atoms with Gasteiger partial charge in [0.25, 0.3) is 0 Å². The van der Waals surface area contributed by atoms with Crippen molar-refractivity contribution in [2.24, 2.45) is 11.8 Å². The molecule has 4 nitrogen and oxygen atoms in total. The van der Waals surface area contributed by atoms with E-state index in [9.17, 15) is 0 Å². The lowest BCUT2D eigenvalue weighted by molar-refractivity contribution is 0.617. The molecule has 0 saturated carbocycles. The highest BCUT2D eigenvalue weighted by atomic mass is 32.3. The van der Waals surface area contributed by atoms with Crippen molar-refractivity contribution in [2.75, 3.05) is 19.6 Å². The van der Waals surface area contributed by atoms with Gasteiger partial charge < -0.3 is 19.6 Å². The fraction of sp³-hybridized carbons (Fsp3) is 0.149. The van der Waals surface area contributed by atoms with Crippen LogP contribution in [0.1, 0.15) is 95.4 Å². The minimum Gasteiger partial charge on any atom is -0.334 e. The van der Waals surface area contributed by atoms with Crippen LogP contribution in [-0.2, 0) is 0 Å². The van der Waals surface area contributed by atoms with Crippen LogP contribution in [0.4, 0.5) is 62.6 Å². The van der Waals surface area contributed by atoms with Crippen LogP contribution in [0.2, 0.25) is 0 Å². The average molecular weight is 1310 g/mol. The van der Waals surface area contributed by atoms with Crippen LogP contribution in [0.25, 0.3) is 29.0 Å². The fourth-order valence-electron chi connectivity index (χ4n) is 15.7. The Hall–Kier alpha value is -10.9. The first-order chi connectivity index (χ1) is 48.7. The predicted octanol–water partition coefficient (Wildman–Crippen LogP) is 27.6. The second kappa shape index (κ2) is 29.5. The lowest BCUT2D eigenvalue weighted by atomic mass is 9.82. The lowest BCUT2D eigenvalue weighted by Crippen LogP contribution is -2.34. The van der Waals surface area contributed by atoms with E-state index in [-0.39, 0.29) is 17.9 Å². The Kier molecular flexibility index (Phi) is 19.5. The maximum absolute atomic E-state index is 4.43. The van der Waals surface area contributed by atoms with Crippen molar-refractivity contribution in [3.8, 4) is 0 Å². The maximum Gasteiger partial charge on any atom is 0.0588 e. The first-order valence-corrected chi connectivity index (χ1v) is 37.0. The summed E-state index contributed by atoms with van der Waals surface area (Å²) < 4.78 is 0. The zero-order chi connectivity index (χ0) is 67.8. The Labute approximate surface area is 589 Å². The largest absolute Gasteiger partial charge is 0.334 e. The van der Waals surface area contributed by atoms with Gasteiger partial charge in [0.2, 0.25) is 0 Å². The first kappa shape index (κ1) is 65.4. The molecule has 11 aromatic rings. The summed E-state index contributed by atoms with van der Waals surface area (Å²) in [5.74, 6) is 0.648. The molecule has 490 valence electrons. The number of hydrogen-bond donors (Lipinski definition) is 0. The highest BCUT2D eigenvalue weighted by Crippen LogP contribution is 2.77. The number of para-hydroxylation sites is 4. The fourth-order valence-corrected chi connectivity index (χ4v) is 20.0. The number of allylic oxidation sites excluding steroid dienone is 10. The molecule has 5 heteroatoms. The third kappa shape index (κ3) is 12.7. The Bertz CT molecular complexity index is 4920. The van der Waals surface area contributed by atoms with Crippen molar-refractivity contribution in [3.05, 3.63) is 366 Å². The monoisotopic (exact) mass is 1300 g/mol. The van der Waals surface area contributed by atoms with Gasteiger partial charge in [-0.2, -0.15) is 0 Å². The normalized spacial score (nSPS) is 16.9. The second-order valence-electron chi connectivity index (χ2n) is 26.2. The minimum atomic E-state index is -2.71. The Morgan fingerprint density at radius 2 is 0.990 bits per heavy atom. The van der Waals surface area contributed by atoms with Crippen LogP contribution in [0.3, 0.4) is 0 Å². The second-order valence-corrected chi connectivity index (χ2v) is 29.4. The standard InChI is InChI=1S/C94H88N4S/c1-8-37-86-71(9-2)42-34-58-90(86)96(75-48-21-14-22-49-75)79-62-78(95(74-46-19-13-20-47-74)89(11-4)88-57-33-39-68(5)85(88)10-3)64-83(65-79)99(82-54-27-17-28-55-82,93-61-29-12-18-38-69(93)6)84-66-80(97(76-50-23-15-24-51-76)91-59-35-43-72-41-30-31-56-87(72)91)63-81(67-84)98(77-52-25-16-26-53-77)92-60-36-45-73-44-32-40-70(7)94(73)92/h8-9,12-38,41-70,89H,2,10-11,39-40H2,1,3-7H3/b37-8-/t68?,69-,70?,89?/m0/s1. The number of hydrogen-bond acceptors (Lipinski definition) is 4. The van der Waals surface area contributed by atoms with E-state index in [4.69, 9.17) is 0 Å². The average Bonchev–Trinajstić information content (AvgIpc) is 1.19. The molecule has 0 aliphatic heterocycles. The van der Waals surface area contributed by atoms with Gasteiger partial charge in [0.1, 0.15) is 0 Å². The van der Waals surface area contributed by atoms with E-state index in [1.165, 1.54) is 52.9 Å². The number of anilines is 11. The quantitative estimate of drug-likeness (QED) is 0.0711. The zero-order valence-electron chi connectivity index (χ0n) is 57.9. The molecule has 14 rings (SSSR count). The summed E-state index contributed by atoms with van der Waals surface area (Å²) >= 11 is 0. The molecule has 0 amide bonds. The van der Waals surface area contributed by atoms with Crippen LogP contribution >= 0.6 is 10.0 Å². The van der Waals surface area contributed by atoms with Crippen LogP contribution in [0.5, 0.6) is 0 Å². The Morgan fingerprint density at radius 1 is 0.475 bits per heavy atom. The number of fused-ring (bicyclic) bond motifs is 2. The highest BCUT2D eigenvalue weighted by Gasteiger charge is 2.41. The van der Waals surface area contributed by atoms with Gasteiger partial charge in [-0.1, -0.05) is 271 Å². The molecule has 0 saturated heterocycles. The minimum absolute atomic E-state index is 0.0242. The van der Waals surface area contributed by atoms with E-state index >= 15 is 0 Å². The van der Waals surface area contributed by atoms with Crippen LogP contribution in [-0.4, -0.2) is 6.04 Å². The van der Waals surface area contributed by atoms with Crippen molar-refractivity contribution in [1.82, 2.24) is 0 Å². The van der Waals surface area contributed by atoms with Gasteiger partial charge in [-0.05, 0) is 192 Å². The molecular formula is C94H88N4S. The molecule has 0 fully saturated rings. The van der Waals surface area contributed by atoms with Gasteiger partial charge >= 0.3 is 0 Å². The summed E-state index contributed by atoms with van der Waals surface area (Å²) in [7, 11) is -2.71. The highest BCUT2D eigenvalue weighted by molar-refractivity contribution is 8.37. The molecule has 0 aromatic heterocycles. The van der Waals surface area contributed by atoms with Gasteiger partial charge in [0.15, 0.2) is 0 Å². The molecule has 11 aromatic carbocycles. The zero-order valence-corrected chi connectivity index (χ0v) is 58.7. The van der Waals surface area contributed by atoms with Crippen molar-refractivity contribution >= 4 is 102 Å². The summed E-state index contributed by atoms with van der Waals surface area (Å²) in [5, 5.41) is 2.34. The van der Waals surface area contributed by atoms with Gasteiger partial charge in [0, 0.05) is 77.1 Å². The molecule has 4 unspecified atom stereocenters. The molecule has 5 atom stereocenters. The van der Waals surface area contributed by atoms with E-state index in [1.54, 1.807) is 0 Å². The van der Waals surface area contributed by atoms with Crippen LogP contribution < -0.4 is 19.6 Å². The van der Waals surface area contributed by atoms with E-state index < -0.39 is 10.0 Å². The van der Waals surface area contributed by atoms with Crippen LogP contribution in [0, 0.1) is 11.8 Å². The van der Waals surface area contributed by atoms with Crippen molar-refractivity contribution in [2.45, 2.75) is 93.9 Å². The molecule has 99 heavy (non-hydrogen) atoms. The topological polar surface area (TPSA) is 13.0 Å². The van der Waals surface area contributed by atoms with Crippen LogP contribution in [0.15, 0.2) is 359 Å². The summed E-state index contributed by atoms with van der Waals surface area (Å²) in [5.41, 5.74) is 19.5. The summed E-state index contributed by atoms with van der Waals surface area (Å²) in [4.78, 5) is 15.2. The van der Waals surface area contributed by atoms with E-state index in [0.717, 1.165) is 99.1 Å². The molecular weight excluding hydrogens is 1220 g/mol. The number of benzene rings is 11. The van der Waals surface area contributed by atoms with Gasteiger partial charge in [-0.15, -0.1) is 10.0 Å².